The van der Waals surface area contributed by atoms with Gasteiger partial charge < -0.3 is 9.84 Å². The first-order valence-corrected chi connectivity index (χ1v) is 7.55. The average Bonchev–Trinajstić information content (AvgIpc) is 3.04. The third kappa shape index (κ3) is 2.38. The van der Waals surface area contributed by atoms with Gasteiger partial charge >= 0.3 is 0 Å². The molecule has 0 amide bonds. The summed E-state index contributed by atoms with van der Waals surface area (Å²) < 4.78 is 5.49. The molecule has 1 aliphatic rings. The predicted octanol–water partition coefficient (Wildman–Crippen LogP) is 2.47. The minimum absolute atomic E-state index is 0.173. The Hall–Kier alpha value is -2.24. The predicted molar refractivity (Wildman–Crippen MR) is 85.5 cm³/mol. The summed E-state index contributed by atoms with van der Waals surface area (Å²) in [5.74, 6) is 1.33. The molecule has 1 aromatic heterocycles. The van der Waals surface area contributed by atoms with Crippen LogP contribution in [0.4, 0.5) is 0 Å². The van der Waals surface area contributed by atoms with Gasteiger partial charge in [0, 0.05) is 25.2 Å². The molecule has 112 valence electrons. The fourth-order valence-electron chi connectivity index (χ4n) is 2.90. The van der Waals surface area contributed by atoms with Crippen molar-refractivity contribution in [2.24, 2.45) is 0 Å². The normalized spacial score (nSPS) is 19.6. The third-order valence-electron chi connectivity index (χ3n) is 4.25. The lowest BCUT2D eigenvalue weighted by Crippen LogP contribution is -2.44. The van der Waals surface area contributed by atoms with Gasteiger partial charge in [-0.1, -0.05) is 35.5 Å². The second-order valence-corrected chi connectivity index (χ2v) is 5.72. The summed E-state index contributed by atoms with van der Waals surface area (Å²) in [4.78, 5) is 6.86. The van der Waals surface area contributed by atoms with Crippen molar-refractivity contribution in [2.75, 3.05) is 26.7 Å². The van der Waals surface area contributed by atoms with Gasteiger partial charge in [-0.05, 0) is 30.0 Å². The van der Waals surface area contributed by atoms with Gasteiger partial charge in [-0.2, -0.15) is 4.98 Å². The smallest absolute Gasteiger partial charge is 0.258 e. The number of hydrogen-bond donors (Lipinski definition) is 1. The van der Waals surface area contributed by atoms with Crippen LogP contribution in [0.25, 0.3) is 22.2 Å². The maximum absolute atomic E-state index is 5.49. The summed E-state index contributed by atoms with van der Waals surface area (Å²) in [5, 5.41) is 9.94. The first kappa shape index (κ1) is 13.4. The van der Waals surface area contributed by atoms with Crippen molar-refractivity contribution in [3.8, 4) is 11.5 Å². The number of likely N-dealkylation sites (N-methyl/N-ethyl adjacent to an activating group) is 1. The second kappa shape index (κ2) is 5.51. The molecule has 4 rings (SSSR count). The molecule has 1 atom stereocenters. The van der Waals surface area contributed by atoms with E-state index in [2.05, 4.69) is 51.7 Å². The number of fused-ring (bicyclic) bond motifs is 1. The third-order valence-corrected chi connectivity index (χ3v) is 4.25. The summed E-state index contributed by atoms with van der Waals surface area (Å²) in [6.07, 6.45) is 0. The molecule has 2 heterocycles. The van der Waals surface area contributed by atoms with Crippen LogP contribution in [0.2, 0.25) is 0 Å². The first-order chi connectivity index (χ1) is 10.8. The molecule has 0 spiro atoms. The van der Waals surface area contributed by atoms with Gasteiger partial charge in [-0.25, -0.2) is 0 Å². The van der Waals surface area contributed by atoms with Crippen molar-refractivity contribution < 1.29 is 4.52 Å². The number of nitrogens with zero attached hydrogens (tertiary/aromatic N) is 3. The molecule has 1 N–H and O–H groups in total. The minimum atomic E-state index is 0.173. The molecule has 5 heteroatoms. The van der Waals surface area contributed by atoms with Gasteiger partial charge in [0.1, 0.15) is 0 Å². The van der Waals surface area contributed by atoms with E-state index in [1.54, 1.807) is 0 Å². The van der Waals surface area contributed by atoms with Crippen molar-refractivity contribution >= 4 is 10.8 Å². The zero-order valence-electron chi connectivity index (χ0n) is 12.5. The van der Waals surface area contributed by atoms with Crippen LogP contribution in [-0.2, 0) is 0 Å². The lowest BCUT2D eigenvalue weighted by atomic mass is 10.1. The molecule has 0 radical (unpaired) electrons. The second-order valence-electron chi connectivity index (χ2n) is 5.72. The van der Waals surface area contributed by atoms with Gasteiger partial charge in [0.05, 0.1) is 6.04 Å². The van der Waals surface area contributed by atoms with Crippen molar-refractivity contribution in [3.05, 3.63) is 48.3 Å². The Morgan fingerprint density at radius 3 is 2.91 bits per heavy atom. The number of piperazine rings is 1. The quantitative estimate of drug-likeness (QED) is 0.787. The van der Waals surface area contributed by atoms with E-state index in [9.17, 15) is 0 Å². The summed E-state index contributed by atoms with van der Waals surface area (Å²) in [6.45, 7) is 2.85. The molecule has 3 aromatic rings. The molecule has 1 saturated heterocycles. The van der Waals surface area contributed by atoms with Crippen LogP contribution in [0.15, 0.2) is 47.0 Å². The van der Waals surface area contributed by atoms with Crippen molar-refractivity contribution in [1.82, 2.24) is 20.4 Å². The van der Waals surface area contributed by atoms with Crippen molar-refractivity contribution in [1.29, 1.82) is 0 Å². The van der Waals surface area contributed by atoms with Gasteiger partial charge in [-0.3, -0.25) is 4.90 Å². The van der Waals surface area contributed by atoms with Gasteiger partial charge in [0.15, 0.2) is 5.82 Å². The Morgan fingerprint density at radius 2 is 2.05 bits per heavy atom. The van der Waals surface area contributed by atoms with Crippen LogP contribution in [-0.4, -0.2) is 41.7 Å². The zero-order valence-corrected chi connectivity index (χ0v) is 12.5. The molecule has 0 saturated carbocycles. The van der Waals surface area contributed by atoms with E-state index in [0.717, 1.165) is 31.0 Å². The lowest BCUT2D eigenvalue weighted by Gasteiger charge is -2.30. The number of benzene rings is 2. The monoisotopic (exact) mass is 294 g/mol. The van der Waals surface area contributed by atoms with Crippen LogP contribution < -0.4 is 5.32 Å². The molecule has 1 aliphatic heterocycles. The Balaban J connectivity index is 1.67. The highest BCUT2D eigenvalue weighted by Gasteiger charge is 2.25. The van der Waals surface area contributed by atoms with Gasteiger partial charge in [-0.15, -0.1) is 0 Å². The zero-order chi connectivity index (χ0) is 14.9. The molecule has 5 nitrogen and oxygen atoms in total. The number of rotatable bonds is 2. The molecule has 1 unspecified atom stereocenters. The minimum Gasteiger partial charge on any atom is -0.334 e. The van der Waals surface area contributed by atoms with E-state index in [1.165, 1.54) is 10.8 Å². The lowest BCUT2D eigenvalue weighted by molar-refractivity contribution is 0.190. The Bertz CT molecular complexity index is 798. The van der Waals surface area contributed by atoms with E-state index >= 15 is 0 Å². The van der Waals surface area contributed by atoms with Crippen molar-refractivity contribution in [2.45, 2.75) is 6.04 Å². The summed E-state index contributed by atoms with van der Waals surface area (Å²) in [7, 11) is 2.09. The number of aromatic nitrogens is 2. The Morgan fingerprint density at radius 1 is 1.18 bits per heavy atom. The van der Waals surface area contributed by atoms with Gasteiger partial charge in [0.2, 0.25) is 0 Å². The van der Waals surface area contributed by atoms with E-state index in [4.69, 9.17) is 4.52 Å². The average molecular weight is 294 g/mol. The van der Waals surface area contributed by atoms with E-state index in [0.29, 0.717) is 5.89 Å². The largest absolute Gasteiger partial charge is 0.334 e. The fraction of sp³-hybridized carbons (Fsp3) is 0.294. The molecular weight excluding hydrogens is 276 g/mol. The summed E-state index contributed by atoms with van der Waals surface area (Å²) in [6, 6.07) is 14.6. The fourth-order valence-corrected chi connectivity index (χ4v) is 2.90. The van der Waals surface area contributed by atoms with Crippen LogP contribution in [0.1, 0.15) is 11.9 Å². The number of nitrogens with one attached hydrogen (secondary N) is 1. The van der Waals surface area contributed by atoms with Crippen LogP contribution in [0, 0.1) is 0 Å². The SMILES string of the molecule is CN1CCNCC1c1noc(-c2ccc3ccccc3c2)n1. The van der Waals surface area contributed by atoms with E-state index in [1.807, 2.05) is 18.2 Å². The molecular formula is C17H18N4O. The van der Waals surface area contributed by atoms with Crippen LogP contribution >= 0.6 is 0 Å². The summed E-state index contributed by atoms with van der Waals surface area (Å²) in [5.41, 5.74) is 0.962. The maximum atomic E-state index is 5.49. The Labute approximate surface area is 128 Å². The highest BCUT2D eigenvalue weighted by Crippen LogP contribution is 2.25. The maximum Gasteiger partial charge on any atom is 0.258 e. The van der Waals surface area contributed by atoms with Crippen molar-refractivity contribution in [3.63, 3.8) is 0 Å². The molecule has 0 bridgehead atoms. The molecule has 22 heavy (non-hydrogen) atoms. The number of hydrogen-bond acceptors (Lipinski definition) is 5. The molecule has 1 fully saturated rings. The Kier molecular flexibility index (Phi) is 3.36. The highest BCUT2D eigenvalue weighted by molar-refractivity contribution is 5.86. The topological polar surface area (TPSA) is 54.2 Å². The first-order valence-electron chi connectivity index (χ1n) is 7.55. The molecule has 2 aromatic carbocycles. The summed E-state index contributed by atoms with van der Waals surface area (Å²) >= 11 is 0. The highest BCUT2D eigenvalue weighted by atomic mass is 16.5. The van der Waals surface area contributed by atoms with E-state index < -0.39 is 0 Å². The standard InChI is InChI=1S/C17H18N4O/c1-21-9-8-18-11-15(21)16-19-17(22-20-16)14-7-6-12-4-2-3-5-13(12)10-14/h2-7,10,15,18H,8-9,11H2,1H3. The van der Waals surface area contributed by atoms with Crippen LogP contribution in [0.5, 0.6) is 0 Å². The van der Waals surface area contributed by atoms with Crippen LogP contribution in [0.3, 0.4) is 0 Å². The van der Waals surface area contributed by atoms with E-state index in [-0.39, 0.29) is 6.04 Å². The molecule has 0 aliphatic carbocycles. The van der Waals surface area contributed by atoms with Gasteiger partial charge in [0.25, 0.3) is 5.89 Å².